The number of aliphatic hydroxyl groups is 1. The highest BCUT2D eigenvalue weighted by atomic mass is 19.3. The highest BCUT2D eigenvalue weighted by Crippen LogP contribution is 2.12. The molecule has 2 atom stereocenters. The average Bonchev–Trinajstić information content (AvgIpc) is 2.42. The Morgan fingerprint density at radius 3 is 2.53 bits per heavy atom. The maximum Gasteiger partial charge on any atom is 0.265 e. The van der Waals surface area contributed by atoms with E-state index in [1.54, 1.807) is 31.2 Å². The van der Waals surface area contributed by atoms with Gasteiger partial charge in [-0.2, -0.15) is 0 Å². The SMILES string of the molecule is CCC(Oc1ccccc1)C(=O)NCC(O)C(F)F. The number of rotatable bonds is 7. The summed E-state index contributed by atoms with van der Waals surface area (Å²) in [6.45, 7) is 1.25. The number of halogens is 2. The monoisotopic (exact) mass is 273 g/mol. The van der Waals surface area contributed by atoms with E-state index < -0.39 is 31.1 Å². The number of hydrogen-bond donors (Lipinski definition) is 2. The predicted molar refractivity (Wildman–Crippen MR) is 66.2 cm³/mol. The first-order valence-electron chi connectivity index (χ1n) is 6.00. The van der Waals surface area contributed by atoms with Crippen molar-refractivity contribution in [3.63, 3.8) is 0 Å². The number of ether oxygens (including phenoxy) is 1. The molecule has 0 aliphatic heterocycles. The number of carbonyl (C=O) groups excluding carboxylic acids is 1. The zero-order chi connectivity index (χ0) is 14.3. The van der Waals surface area contributed by atoms with Gasteiger partial charge < -0.3 is 15.2 Å². The van der Waals surface area contributed by atoms with Gasteiger partial charge >= 0.3 is 0 Å². The molecule has 0 saturated heterocycles. The van der Waals surface area contributed by atoms with Crippen molar-refractivity contribution in [2.75, 3.05) is 6.54 Å². The van der Waals surface area contributed by atoms with Crippen LogP contribution in [0, 0.1) is 0 Å². The Bertz CT molecular complexity index is 387. The van der Waals surface area contributed by atoms with Crippen molar-refractivity contribution in [3.05, 3.63) is 30.3 Å². The summed E-state index contributed by atoms with van der Waals surface area (Å²) in [7, 11) is 0. The molecule has 106 valence electrons. The van der Waals surface area contributed by atoms with Crippen LogP contribution in [0.1, 0.15) is 13.3 Å². The molecule has 0 aliphatic carbocycles. The van der Waals surface area contributed by atoms with Gasteiger partial charge in [0.1, 0.15) is 11.9 Å². The molecule has 19 heavy (non-hydrogen) atoms. The van der Waals surface area contributed by atoms with Crippen molar-refractivity contribution in [1.82, 2.24) is 5.32 Å². The van der Waals surface area contributed by atoms with Gasteiger partial charge in [-0.1, -0.05) is 25.1 Å². The van der Waals surface area contributed by atoms with Crippen molar-refractivity contribution in [2.45, 2.75) is 32.0 Å². The van der Waals surface area contributed by atoms with E-state index in [9.17, 15) is 13.6 Å². The summed E-state index contributed by atoms with van der Waals surface area (Å²) in [5, 5.41) is 11.2. The molecule has 0 aliphatic rings. The Hall–Kier alpha value is -1.69. The summed E-state index contributed by atoms with van der Waals surface area (Å²) in [6.07, 6.45) is -5.12. The number of para-hydroxylation sites is 1. The van der Waals surface area contributed by atoms with E-state index in [4.69, 9.17) is 9.84 Å². The van der Waals surface area contributed by atoms with E-state index >= 15 is 0 Å². The third-order valence-corrected chi connectivity index (χ3v) is 2.46. The maximum atomic E-state index is 12.1. The maximum absolute atomic E-state index is 12.1. The highest BCUT2D eigenvalue weighted by molar-refractivity contribution is 5.81. The van der Waals surface area contributed by atoms with Crippen LogP contribution in [0.25, 0.3) is 0 Å². The number of carbonyl (C=O) groups is 1. The van der Waals surface area contributed by atoms with Gasteiger partial charge in [0.2, 0.25) is 0 Å². The Morgan fingerprint density at radius 1 is 1.37 bits per heavy atom. The lowest BCUT2D eigenvalue weighted by Crippen LogP contribution is -2.43. The molecule has 0 heterocycles. The number of hydrogen-bond acceptors (Lipinski definition) is 3. The molecule has 0 aromatic heterocycles. The topological polar surface area (TPSA) is 58.6 Å². The van der Waals surface area contributed by atoms with E-state index in [1.165, 1.54) is 0 Å². The predicted octanol–water partition coefficient (Wildman–Crippen LogP) is 1.59. The minimum Gasteiger partial charge on any atom is -0.481 e. The van der Waals surface area contributed by atoms with Crippen LogP contribution in [-0.2, 0) is 4.79 Å². The molecular formula is C13H17F2NO3. The summed E-state index contributed by atoms with van der Waals surface area (Å²) < 4.78 is 29.6. The van der Waals surface area contributed by atoms with Gasteiger partial charge in [0.25, 0.3) is 12.3 Å². The molecule has 6 heteroatoms. The molecule has 0 spiro atoms. The largest absolute Gasteiger partial charge is 0.481 e. The molecule has 1 rings (SSSR count). The standard InChI is InChI=1S/C13H17F2NO3/c1-2-11(19-9-6-4-3-5-7-9)13(18)16-8-10(17)12(14)15/h3-7,10-12,17H,2,8H2,1H3,(H,16,18). The summed E-state index contributed by atoms with van der Waals surface area (Å²) in [5.41, 5.74) is 0. The lowest BCUT2D eigenvalue weighted by Gasteiger charge is -2.18. The minimum atomic E-state index is -2.88. The van der Waals surface area contributed by atoms with Crippen molar-refractivity contribution in [3.8, 4) is 5.75 Å². The highest BCUT2D eigenvalue weighted by Gasteiger charge is 2.22. The lowest BCUT2D eigenvalue weighted by molar-refractivity contribution is -0.129. The second kappa shape index (κ2) is 7.68. The molecule has 2 unspecified atom stereocenters. The minimum absolute atomic E-state index is 0.394. The Balaban J connectivity index is 2.48. The molecule has 4 nitrogen and oxygen atoms in total. The van der Waals surface area contributed by atoms with E-state index in [-0.39, 0.29) is 0 Å². The van der Waals surface area contributed by atoms with Crippen LogP contribution in [0.5, 0.6) is 5.75 Å². The molecular weight excluding hydrogens is 256 g/mol. The number of aliphatic hydroxyl groups excluding tert-OH is 1. The third-order valence-electron chi connectivity index (χ3n) is 2.46. The fourth-order valence-electron chi connectivity index (χ4n) is 1.39. The quantitative estimate of drug-likeness (QED) is 0.793. The zero-order valence-electron chi connectivity index (χ0n) is 10.6. The normalized spacial score (nSPS) is 13.9. The molecule has 0 bridgehead atoms. The van der Waals surface area contributed by atoms with E-state index in [0.29, 0.717) is 12.2 Å². The molecule has 1 amide bonds. The second-order valence-corrected chi connectivity index (χ2v) is 3.97. The van der Waals surface area contributed by atoms with Gasteiger partial charge in [0.15, 0.2) is 6.10 Å². The van der Waals surface area contributed by atoms with E-state index in [2.05, 4.69) is 5.32 Å². The van der Waals surface area contributed by atoms with Crippen molar-refractivity contribution in [1.29, 1.82) is 0 Å². The van der Waals surface area contributed by atoms with Crippen molar-refractivity contribution in [2.24, 2.45) is 0 Å². The number of amides is 1. The number of nitrogens with one attached hydrogen (secondary N) is 1. The molecule has 2 N–H and O–H groups in total. The first kappa shape index (κ1) is 15.4. The zero-order valence-corrected chi connectivity index (χ0v) is 10.6. The van der Waals surface area contributed by atoms with E-state index in [1.807, 2.05) is 6.07 Å². The first-order chi connectivity index (χ1) is 9.04. The summed E-state index contributed by atoms with van der Waals surface area (Å²) in [6, 6.07) is 8.74. The van der Waals surface area contributed by atoms with Gasteiger partial charge in [-0.05, 0) is 18.6 Å². The Morgan fingerprint density at radius 2 is 2.00 bits per heavy atom. The van der Waals surface area contributed by atoms with Crippen molar-refractivity contribution < 1.29 is 23.4 Å². The van der Waals surface area contributed by atoms with Gasteiger partial charge in [0, 0.05) is 6.54 Å². The fraction of sp³-hybridized carbons (Fsp3) is 0.462. The van der Waals surface area contributed by atoms with Gasteiger partial charge in [-0.15, -0.1) is 0 Å². The molecule has 1 aromatic rings. The van der Waals surface area contributed by atoms with Crippen LogP contribution in [0.2, 0.25) is 0 Å². The van der Waals surface area contributed by atoms with Crippen molar-refractivity contribution >= 4 is 5.91 Å². The second-order valence-electron chi connectivity index (χ2n) is 3.97. The number of alkyl halides is 2. The Labute approximate surface area is 110 Å². The third kappa shape index (κ3) is 5.21. The van der Waals surface area contributed by atoms with Crippen LogP contribution in [-0.4, -0.2) is 36.2 Å². The first-order valence-corrected chi connectivity index (χ1v) is 6.00. The van der Waals surface area contributed by atoms with E-state index in [0.717, 1.165) is 0 Å². The van der Waals surface area contributed by atoms with Gasteiger partial charge in [-0.25, -0.2) is 8.78 Å². The molecule has 1 aromatic carbocycles. The van der Waals surface area contributed by atoms with Gasteiger partial charge in [0.05, 0.1) is 0 Å². The van der Waals surface area contributed by atoms with Gasteiger partial charge in [-0.3, -0.25) is 4.79 Å². The fourth-order valence-corrected chi connectivity index (χ4v) is 1.39. The lowest BCUT2D eigenvalue weighted by atomic mass is 10.2. The van der Waals surface area contributed by atoms with Crippen LogP contribution in [0.3, 0.4) is 0 Å². The van der Waals surface area contributed by atoms with Crippen LogP contribution in [0.15, 0.2) is 30.3 Å². The molecule has 0 radical (unpaired) electrons. The van der Waals surface area contributed by atoms with Crippen LogP contribution < -0.4 is 10.1 Å². The molecule has 0 saturated carbocycles. The average molecular weight is 273 g/mol. The number of benzene rings is 1. The van der Waals surface area contributed by atoms with Crippen LogP contribution in [0.4, 0.5) is 8.78 Å². The summed E-state index contributed by atoms with van der Waals surface area (Å²) in [5.74, 6) is 0.00459. The summed E-state index contributed by atoms with van der Waals surface area (Å²) >= 11 is 0. The molecule has 0 fully saturated rings. The van der Waals surface area contributed by atoms with Crippen LogP contribution >= 0.6 is 0 Å². The summed E-state index contributed by atoms with van der Waals surface area (Å²) in [4.78, 5) is 11.7. The smallest absolute Gasteiger partial charge is 0.265 e. The Kier molecular flexibility index (Phi) is 6.21.